The number of nitrogens with zero attached hydrogens (tertiary/aromatic N) is 2. The molecule has 0 aliphatic heterocycles. The molecule has 2 aromatic rings. The van der Waals surface area contributed by atoms with E-state index in [0.29, 0.717) is 6.54 Å². The van der Waals surface area contributed by atoms with Gasteiger partial charge >= 0.3 is 0 Å². The Hall–Kier alpha value is -2.89. The van der Waals surface area contributed by atoms with Crippen molar-refractivity contribution in [1.82, 2.24) is 20.2 Å². The Bertz CT molecular complexity index is 666. The second-order valence-corrected chi connectivity index (χ2v) is 5.42. The monoisotopic (exact) mass is 326 g/mol. The van der Waals surface area contributed by atoms with Crippen molar-refractivity contribution in [1.29, 1.82) is 0 Å². The molecule has 1 unspecified atom stereocenters. The summed E-state index contributed by atoms with van der Waals surface area (Å²) in [5.74, 6) is -0.484. The van der Waals surface area contributed by atoms with Crippen LogP contribution in [0.5, 0.6) is 0 Å². The van der Waals surface area contributed by atoms with Crippen LogP contribution in [0.2, 0.25) is 0 Å². The Morgan fingerprint density at radius 1 is 1.29 bits per heavy atom. The van der Waals surface area contributed by atoms with Gasteiger partial charge in [0.2, 0.25) is 11.8 Å². The largest absolute Gasteiger partial charge is 0.354 e. The molecule has 2 N–H and O–H groups in total. The lowest BCUT2D eigenvalue weighted by atomic mass is 10.2. The smallest absolute Gasteiger partial charge is 0.244 e. The minimum absolute atomic E-state index is 0.193. The molecular formula is C18H22N4O2. The van der Waals surface area contributed by atoms with E-state index in [2.05, 4.69) is 15.6 Å². The molecule has 1 aromatic heterocycles. The van der Waals surface area contributed by atoms with Gasteiger partial charge in [-0.1, -0.05) is 30.3 Å². The van der Waals surface area contributed by atoms with Crippen LogP contribution in [0.15, 0.2) is 55.1 Å². The molecule has 1 aromatic carbocycles. The highest BCUT2D eigenvalue weighted by atomic mass is 16.2. The molecular weight excluding hydrogens is 304 g/mol. The number of aryl methyl sites for hydroxylation is 1. The summed E-state index contributed by atoms with van der Waals surface area (Å²) in [7, 11) is 0. The van der Waals surface area contributed by atoms with Crippen LogP contribution < -0.4 is 10.6 Å². The molecule has 2 amide bonds. The maximum atomic E-state index is 11.9. The minimum Gasteiger partial charge on any atom is -0.354 e. The van der Waals surface area contributed by atoms with Crippen molar-refractivity contribution < 1.29 is 9.59 Å². The molecule has 1 atom stereocenters. The zero-order valence-electron chi connectivity index (χ0n) is 13.7. The van der Waals surface area contributed by atoms with E-state index in [4.69, 9.17) is 0 Å². The van der Waals surface area contributed by atoms with Gasteiger partial charge in [0.25, 0.3) is 0 Å². The number of rotatable bonds is 8. The van der Waals surface area contributed by atoms with Gasteiger partial charge in [0.05, 0.1) is 6.33 Å². The zero-order chi connectivity index (χ0) is 17.2. The van der Waals surface area contributed by atoms with Crippen LogP contribution in [0.1, 0.15) is 18.9 Å². The van der Waals surface area contributed by atoms with Gasteiger partial charge in [0, 0.05) is 31.6 Å². The maximum absolute atomic E-state index is 11.9. The summed E-state index contributed by atoms with van der Waals surface area (Å²) >= 11 is 0. The Kier molecular flexibility index (Phi) is 6.76. The molecule has 0 saturated carbocycles. The van der Waals surface area contributed by atoms with Gasteiger partial charge in [-0.2, -0.15) is 0 Å². The predicted molar refractivity (Wildman–Crippen MR) is 92.9 cm³/mol. The summed E-state index contributed by atoms with van der Waals surface area (Å²) < 4.78 is 1.95. The fourth-order valence-corrected chi connectivity index (χ4v) is 2.11. The van der Waals surface area contributed by atoms with Crippen molar-refractivity contribution in [3.05, 3.63) is 60.7 Å². The van der Waals surface area contributed by atoms with Gasteiger partial charge in [0.1, 0.15) is 6.04 Å². The molecule has 6 heteroatoms. The minimum atomic E-state index is -0.578. The van der Waals surface area contributed by atoms with Crippen LogP contribution in [0, 0.1) is 0 Å². The first-order valence-corrected chi connectivity index (χ1v) is 7.92. The molecule has 0 aliphatic carbocycles. The molecule has 0 bridgehead atoms. The number of carbonyl (C=O) groups is 2. The molecule has 24 heavy (non-hydrogen) atoms. The SMILES string of the molecule is CC(NC(=O)C=Cc1ccccc1)C(=O)NCCCn1ccnc1. The molecule has 0 spiro atoms. The highest BCUT2D eigenvalue weighted by molar-refractivity contribution is 5.95. The Morgan fingerprint density at radius 2 is 2.08 bits per heavy atom. The Labute approximate surface area is 141 Å². The molecule has 0 saturated heterocycles. The van der Waals surface area contributed by atoms with Gasteiger partial charge in [0.15, 0.2) is 0 Å². The van der Waals surface area contributed by atoms with Crippen LogP contribution in [0.4, 0.5) is 0 Å². The van der Waals surface area contributed by atoms with Crippen LogP contribution in [0.3, 0.4) is 0 Å². The fraction of sp³-hybridized carbons (Fsp3) is 0.278. The van der Waals surface area contributed by atoms with Crippen LogP contribution in [-0.4, -0.2) is 34.0 Å². The number of nitrogens with one attached hydrogen (secondary N) is 2. The second kappa shape index (κ2) is 9.29. The number of hydrogen-bond acceptors (Lipinski definition) is 3. The number of benzene rings is 1. The van der Waals surface area contributed by atoms with Crippen molar-refractivity contribution in [3.8, 4) is 0 Å². The molecule has 0 radical (unpaired) electrons. The predicted octanol–water partition coefficient (Wildman–Crippen LogP) is 1.61. The zero-order valence-corrected chi connectivity index (χ0v) is 13.7. The van der Waals surface area contributed by atoms with Crippen molar-refractivity contribution in [2.45, 2.75) is 25.9 Å². The number of aromatic nitrogens is 2. The maximum Gasteiger partial charge on any atom is 0.244 e. The standard InChI is InChI=1S/C18H22N4O2/c1-15(18(24)20-10-5-12-22-13-11-19-14-22)21-17(23)9-8-16-6-3-2-4-7-16/h2-4,6-9,11,13-15H,5,10,12H2,1H3,(H,20,24)(H,21,23). The van der Waals surface area contributed by atoms with E-state index in [1.54, 1.807) is 25.5 Å². The van der Waals surface area contributed by atoms with E-state index in [1.165, 1.54) is 6.08 Å². The molecule has 2 rings (SSSR count). The normalized spacial score (nSPS) is 12.0. The van der Waals surface area contributed by atoms with Crippen LogP contribution >= 0.6 is 0 Å². The summed E-state index contributed by atoms with van der Waals surface area (Å²) in [4.78, 5) is 27.7. The van der Waals surface area contributed by atoms with E-state index in [1.807, 2.05) is 41.1 Å². The molecule has 0 fully saturated rings. The molecule has 1 heterocycles. The summed E-state index contributed by atoms with van der Waals surface area (Å²) in [5.41, 5.74) is 0.934. The molecule has 0 aliphatic rings. The topological polar surface area (TPSA) is 76.0 Å². The van der Waals surface area contributed by atoms with Crippen LogP contribution in [0.25, 0.3) is 6.08 Å². The van der Waals surface area contributed by atoms with E-state index < -0.39 is 6.04 Å². The third-order valence-electron chi connectivity index (χ3n) is 3.43. The lowest BCUT2D eigenvalue weighted by Gasteiger charge is -2.13. The van der Waals surface area contributed by atoms with Crippen molar-refractivity contribution >= 4 is 17.9 Å². The highest BCUT2D eigenvalue weighted by Gasteiger charge is 2.13. The Morgan fingerprint density at radius 3 is 2.79 bits per heavy atom. The number of hydrogen-bond donors (Lipinski definition) is 2. The van der Waals surface area contributed by atoms with Crippen molar-refractivity contribution in [2.24, 2.45) is 0 Å². The summed E-state index contributed by atoms with van der Waals surface area (Å²) in [6.07, 6.45) is 9.28. The quantitative estimate of drug-likeness (QED) is 0.571. The second-order valence-electron chi connectivity index (χ2n) is 5.42. The summed E-state index contributed by atoms with van der Waals surface area (Å²) in [6.45, 7) is 3.01. The van der Waals surface area contributed by atoms with E-state index in [0.717, 1.165) is 18.5 Å². The van der Waals surface area contributed by atoms with Gasteiger partial charge in [-0.25, -0.2) is 4.98 Å². The van der Waals surface area contributed by atoms with E-state index >= 15 is 0 Å². The van der Waals surface area contributed by atoms with Gasteiger partial charge in [-0.3, -0.25) is 9.59 Å². The van der Waals surface area contributed by atoms with E-state index in [9.17, 15) is 9.59 Å². The Balaban J connectivity index is 1.66. The first-order chi connectivity index (χ1) is 11.6. The highest BCUT2D eigenvalue weighted by Crippen LogP contribution is 2.00. The number of amides is 2. The summed E-state index contributed by atoms with van der Waals surface area (Å²) in [5, 5.41) is 5.46. The third kappa shape index (κ3) is 6.08. The number of carbonyl (C=O) groups excluding carboxylic acids is 2. The average Bonchev–Trinajstić information content (AvgIpc) is 3.11. The molecule has 126 valence electrons. The first-order valence-electron chi connectivity index (χ1n) is 7.92. The van der Waals surface area contributed by atoms with Gasteiger partial charge < -0.3 is 15.2 Å². The average molecular weight is 326 g/mol. The third-order valence-corrected chi connectivity index (χ3v) is 3.43. The van der Waals surface area contributed by atoms with Crippen molar-refractivity contribution in [3.63, 3.8) is 0 Å². The first kappa shape index (κ1) is 17.5. The van der Waals surface area contributed by atoms with Crippen molar-refractivity contribution in [2.75, 3.05) is 6.54 Å². The molecule has 6 nitrogen and oxygen atoms in total. The number of imidazole rings is 1. The van der Waals surface area contributed by atoms with E-state index in [-0.39, 0.29) is 11.8 Å². The lowest BCUT2D eigenvalue weighted by molar-refractivity contribution is -0.126. The summed E-state index contributed by atoms with van der Waals surface area (Å²) in [6, 6.07) is 8.94. The fourth-order valence-electron chi connectivity index (χ4n) is 2.11. The van der Waals surface area contributed by atoms with Gasteiger partial charge in [-0.15, -0.1) is 0 Å². The van der Waals surface area contributed by atoms with Gasteiger partial charge in [-0.05, 0) is 25.0 Å². The van der Waals surface area contributed by atoms with Crippen LogP contribution in [-0.2, 0) is 16.1 Å². The lowest BCUT2D eigenvalue weighted by Crippen LogP contribution is -2.44.